The highest BCUT2D eigenvalue weighted by atomic mass is 15.2. The van der Waals surface area contributed by atoms with Gasteiger partial charge in [-0.1, -0.05) is 239 Å². The molecule has 0 unspecified atom stereocenters. The van der Waals surface area contributed by atoms with E-state index in [1.165, 1.54) is 144 Å². The van der Waals surface area contributed by atoms with Crippen LogP contribution in [-0.2, 0) is 27.1 Å². The van der Waals surface area contributed by atoms with Gasteiger partial charge < -0.3 is 9.80 Å². The second-order valence-electron chi connectivity index (χ2n) is 27.6. The lowest BCUT2D eigenvalue weighted by Gasteiger charge is -2.35. The fourth-order valence-corrected chi connectivity index (χ4v) is 16.9. The van der Waals surface area contributed by atoms with Gasteiger partial charge in [0.2, 0.25) is 0 Å². The van der Waals surface area contributed by atoms with Crippen LogP contribution in [0.3, 0.4) is 0 Å². The Morgan fingerprint density at radius 2 is 0.412 bits per heavy atom. The van der Waals surface area contributed by atoms with Crippen LogP contribution < -0.4 is 9.80 Å². The summed E-state index contributed by atoms with van der Waals surface area (Å²) >= 11 is 0. The highest BCUT2D eigenvalue weighted by Gasteiger charge is 2.43. The molecule has 2 heteroatoms. The van der Waals surface area contributed by atoms with Crippen molar-refractivity contribution in [1.82, 2.24) is 0 Å². The molecular weight excluding hydrogens is 1020 g/mol. The number of benzene rings is 12. The van der Waals surface area contributed by atoms with Crippen LogP contribution >= 0.6 is 0 Å². The number of rotatable bonds is 6. The van der Waals surface area contributed by atoms with Gasteiger partial charge in [0.1, 0.15) is 0 Å². The van der Waals surface area contributed by atoms with Crippen LogP contribution in [0.4, 0.5) is 34.1 Å². The second-order valence-corrected chi connectivity index (χ2v) is 27.6. The van der Waals surface area contributed by atoms with Crippen LogP contribution in [0.15, 0.2) is 231 Å². The van der Waals surface area contributed by atoms with E-state index in [1.54, 1.807) is 0 Å². The lowest BCUT2D eigenvalue weighted by Crippen LogP contribution is -2.20. The third-order valence-corrected chi connectivity index (χ3v) is 21.4. The van der Waals surface area contributed by atoms with E-state index in [2.05, 4.69) is 310 Å². The monoisotopic (exact) mass is 1090 g/mol. The Morgan fingerprint density at radius 1 is 0.188 bits per heavy atom. The van der Waals surface area contributed by atoms with Crippen LogP contribution in [0.2, 0.25) is 0 Å². The van der Waals surface area contributed by atoms with Gasteiger partial charge in [-0.05, 0) is 172 Å². The molecule has 2 nitrogen and oxygen atoms in total. The third-order valence-electron chi connectivity index (χ3n) is 21.4. The number of nitrogens with zero attached hydrogens (tertiary/aromatic N) is 2. The summed E-state index contributed by atoms with van der Waals surface area (Å²) in [6, 6.07) is 89.4. The molecule has 12 aromatic carbocycles. The smallest absolute Gasteiger partial charge is 0.0620 e. The zero-order valence-electron chi connectivity index (χ0n) is 50.3. The predicted octanol–water partition coefficient (Wildman–Crippen LogP) is 22.5. The normalized spacial score (nSPS) is 16.4. The van der Waals surface area contributed by atoms with Gasteiger partial charge in [0.05, 0.1) is 11.4 Å². The van der Waals surface area contributed by atoms with Crippen molar-refractivity contribution < 1.29 is 0 Å². The van der Waals surface area contributed by atoms with Crippen molar-refractivity contribution in [1.29, 1.82) is 0 Å². The molecule has 410 valence electrons. The second kappa shape index (κ2) is 17.0. The molecule has 0 spiro atoms. The van der Waals surface area contributed by atoms with E-state index in [-0.39, 0.29) is 27.1 Å². The van der Waals surface area contributed by atoms with Gasteiger partial charge in [0, 0.05) is 71.4 Å². The van der Waals surface area contributed by atoms with Crippen LogP contribution in [-0.4, -0.2) is 0 Å². The molecule has 0 heterocycles. The average molecular weight is 1090 g/mol. The third kappa shape index (κ3) is 6.61. The first-order chi connectivity index (χ1) is 41.0. The summed E-state index contributed by atoms with van der Waals surface area (Å²) in [5.74, 6) is 0. The minimum Gasteiger partial charge on any atom is -0.309 e. The number of anilines is 6. The van der Waals surface area contributed by atoms with E-state index in [1.807, 2.05) is 0 Å². The molecular formula is C83H68N2. The maximum absolute atomic E-state index is 2.66. The SMILES string of the molecule is CC1(C)c2ccccc2-c2ccc(N(c3ccc4c(c3)C(C)(C)c3ccccc3-4)c3c4ccccc4c(N(c4ccc5c(c4)C(C)(C)c4ccccc4-5)c4ccc5c(c4)C(C)(C)c4ccccc4-5)c4cc5c(cc34)-c3ccccc3C5(C)C)cc21. The fraction of sp³-hybridized carbons (Fsp3) is 0.181. The minimum absolute atomic E-state index is 0.210. The molecule has 17 rings (SSSR count). The molecule has 12 aromatic rings. The highest BCUT2D eigenvalue weighted by Crippen LogP contribution is 2.61. The number of fused-ring (bicyclic) bond motifs is 17. The molecule has 0 radical (unpaired) electrons. The van der Waals surface area contributed by atoms with Gasteiger partial charge in [-0.25, -0.2) is 0 Å². The van der Waals surface area contributed by atoms with Gasteiger partial charge >= 0.3 is 0 Å². The molecule has 85 heavy (non-hydrogen) atoms. The fourth-order valence-electron chi connectivity index (χ4n) is 16.9. The van der Waals surface area contributed by atoms with Gasteiger partial charge in [0.25, 0.3) is 0 Å². The largest absolute Gasteiger partial charge is 0.309 e. The van der Waals surface area contributed by atoms with Crippen LogP contribution in [0.1, 0.15) is 125 Å². The minimum atomic E-state index is -0.262. The van der Waals surface area contributed by atoms with Crippen LogP contribution in [0.5, 0.6) is 0 Å². The van der Waals surface area contributed by atoms with E-state index in [0.717, 1.165) is 22.7 Å². The van der Waals surface area contributed by atoms with Crippen molar-refractivity contribution in [3.63, 3.8) is 0 Å². The van der Waals surface area contributed by atoms with E-state index in [9.17, 15) is 0 Å². The maximum Gasteiger partial charge on any atom is 0.0620 e. The summed E-state index contributed by atoms with van der Waals surface area (Å²) < 4.78 is 0. The first-order valence-corrected chi connectivity index (χ1v) is 30.7. The summed E-state index contributed by atoms with van der Waals surface area (Å²) in [4.78, 5) is 5.31. The predicted molar refractivity (Wildman–Crippen MR) is 359 cm³/mol. The number of hydrogen-bond acceptors (Lipinski definition) is 2. The molecule has 0 bridgehead atoms. The Labute approximate surface area is 500 Å². The van der Waals surface area contributed by atoms with Crippen molar-refractivity contribution >= 4 is 55.7 Å². The summed E-state index contributed by atoms with van der Waals surface area (Å²) in [5, 5.41) is 4.80. The molecule has 0 fully saturated rings. The van der Waals surface area contributed by atoms with Gasteiger partial charge in [-0.15, -0.1) is 0 Å². The highest BCUT2D eigenvalue weighted by molar-refractivity contribution is 6.24. The Hall–Kier alpha value is -9.24. The first-order valence-electron chi connectivity index (χ1n) is 30.7. The molecule has 5 aliphatic rings. The quantitative estimate of drug-likeness (QED) is 0.121. The standard InChI is InChI=1S/C83H68N2/c1-79(2)67-30-18-13-23-53(67)58-39-35-49(43-72(58)79)84(50-36-40-59-54-24-14-19-31-68(54)80(3,4)73(59)44-50)77-62-28-11-12-29-63(62)78(66-48-76-64(47-65(66)77)57-27-17-22-34-71(57)83(76,9)10)85(51-37-41-60-55-25-15-20-32-69(55)81(5,6)74(60)45-51)52-38-42-61-56-26-16-21-33-70(56)82(7,8)75(61)46-52/h11-48H,1-10H3. The molecule has 0 aliphatic heterocycles. The summed E-state index contributed by atoms with van der Waals surface area (Å²) in [6.45, 7) is 24.2. The summed E-state index contributed by atoms with van der Waals surface area (Å²) in [7, 11) is 0. The maximum atomic E-state index is 2.66. The van der Waals surface area contributed by atoms with Crippen molar-refractivity contribution in [2.24, 2.45) is 0 Å². The van der Waals surface area contributed by atoms with Gasteiger partial charge in [0.15, 0.2) is 0 Å². The molecule has 5 aliphatic carbocycles. The molecule has 0 saturated carbocycles. The molecule has 0 saturated heterocycles. The molecule has 0 N–H and O–H groups in total. The van der Waals surface area contributed by atoms with E-state index >= 15 is 0 Å². The van der Waals surface area contributed by atoms with Crippen molar-refractivity contribution in [3.8, 4) is 55.6 Å². The molecule has 0 atom stereocenters. The van der Waals surface area contributed by atoms with E-state index < -0.39 is 0 Å². The Morgan fingerprint density at radius 3 is 0.706 bits per heavy atom. The zero-order valence-corrected chi connectivity index (χ0v) is 50.3. The lowest BCUT2D eigenvalue weighted by atomic mass is 9.81. The number of hydrogen-bond donors (Lipinski definition) is 0. The summed E-state index contributed by atoms with van der Waals surface area (Å²) in [6.07, 6.45) is 0. The lowest BCUT2D eigenvalue weighted by molar-refractivity contribution is 0.659. The zero-order chi connectivity index (χ0) is 57.8. The van der Waals surface area contributed by atoms with Crippen LogP contribution in [0.25, 0.3) is 77.2 Å². The van der Waals surface area contributed by atoms with Crippen molar-refractivity contribution in [2.75, 3.05) is 9.80 Å². The van der Waals surface area contributed by atoms with Crippen molar-refractivity contribution in [2.45, 2.75) is 96.3 Å². The first kappa shape index (κ1) is 50.3. The van der Waals surface area contributed by atoms with E-state index in [4.69, 9.17) is 0 Å². The molecule has 0 amide bonds. The average Bonchev–Trinajstić information content (AvgIpc) is 2.33. The topological polar surface area (TPSA) is 6.48 Å². The van der Waals surface area contributed by atoms with Crippen molar-refractivity contribution in [3.05, 3.63) is 286 Å². The Bertz CT molecular complexity index is 4730. The van der Waals surface area contributed by atoms with Crippen LogP contribution in [0, 0.1) is 0 Å². The Balaban J connectivity index is 1.01. The molecule has 0 aromatic heterocycles. The Kier molecular flexibility index (Phi) is 10.0. The van der Waals surface area contributed by atoms with Gasteiger partial charge in [-0.3, -0.25) is 0 Å². The summed E-state index contributed by atoms with van der Waals surface area (Å²) in [5.41, 5.74) is 32.6. The van der Waals surface area contributed by atoms with E-state index in [0.29, 0.717) is 0 Å². The van der Waals surface area contributed by atoms with Gasteiger partial charge in [-0.2, -0.15) is 0 Å².